The molecule has 0 radical (unpaired) electrons. The summed E-state index contributed by atoms with van der Waals surface area (Å²) in [5, 5.41) is 0.612. The van der Waals surface area contributed by atoms with Gasteiger partial charge in [0.15, 0.2) is 0 Å². The van der Waals surface area contributed by atoms with Crippen LogP contribution in [0.1, 0.15) is 55.8 Å². The van der Waals surface area contributed by atoms with Crippen molar-refractivity contribution in [2.45, 2.75) is 56.9 Å². The van der Waals surface area contributed by atoms with Gasteiger partial charge in [-0.05, 0) is 44.2 Å². The summed E-state index contributed by atoms with van der Waals surface area (Å²) in [5.74, 6) is 1.42. The third-order valence-corrected chi connectivity index (χ3v) is 5.87. The van der Waals surface area contributed by atoms with Crippen molar-refractivity contribution in [1.82, 2.24) is 9.97 Å². The van der Waals surface area contributed by atoms with Crippen molar-refractivity contribution >= 4 is 22.4 Å². The van der Waals surface area contributed by atoms with Gasteiger partial charge in [0.2, 0.25) is 0 Å². The van der Waals surface area contributed by atoms with Crippen LogP contribution < -0.4 is 10.6 Å². The van der Waals surface area contributed by atoms with Gasteiger partial charge in [-0.25, -0.2) is 27.5 Å². The van der Waals surface area contributed by atoms with E-state index in [9.17, 15) is 17.6 Å². The first kappa shape index (κ1) is 21.0. The van der Waals surface area contributed by atoms with Gasteiger partial charge in [0, 0.05) is 41.7 Å². The van der Waals surface area contributed by atoms with Crippen molar-refractivity contribution in [2.75, 3.05) is 24.5 Å². The molecule has 30 heavy (non-hydrogen) atoms. The molecule has 2 N–H and O–H groups in total. The van der Waals surface area contributed by atoms with E-state index in [1.54, 1.807) is 6.07 Å². The molecule has 1 aromatic carbocycles. The number of halogens is 4. The molecule has 2 heterocycles. The minimum absolute atomic E-state index is 0.0278. The van der Waals surface area contributed by atoms with Crippen LogP contribution in [-0.2, 0) is 0 Å². The Hall–Kier alpha value is -2.29. The Bertz CT molecular complexity index is 923. The quantitative estimate of drug-likeness (QED) is 0.721. The number of nitrogens with two attached hydrogens (primary N) is 1. The number of benzene rings is 1. The molecule has 1 saturated heterocycles. The van der Waals surface area contributed by atoms with Gasteiger partial charge in [0.05, 0.1) is 12.1 Å². The van der Waals surface area contributed by atoms with E-state index in [4.69, 9.17) is 10.7 Å². The molecule has 2 fully saturated rings. The summed E-state index contributed by atoms with van der Waals surface area (Å²) >= 11 is 0. The van der Waals surface area contributed by atoms with Crippen LogP contribution in [0.15, 0.2) is 23.2 Å². The van der Waals surface area contributed by atoms with Crippen molar-refractivity contribution in [2.24, 2.45) is 10.7 Å². The van der Waals surface area contributed by atoms with Gasteiger partial charge in [-0.15, -0.1) is 0 Å². The first-order chi connectivity index (χ1) is 14.4. The lowest BCUT2D eigenvalue weighted by Crippen LogP contribution is -2.27. The van der Waals surface area contributed by atoms with Crippen LogP contribution in [0.3, 0.4) is 0 Å². The lowest BCUT2D eigenvalue weighted by molar-refractivity contribution is 0.151. The number of hydrogen-bond donors (Lipinski definition) is 1. The Morgan fingerprint density at radius 1 is 1.10 bits per heavy atom. The van der Waals surface area contributed by atoms with Gasteiger partial charge < -0.3 is 10.6 Å². The normalized spacial score (nSPS) is 22.5. The van der Waals surface area contributed by atoms with E-state index in [1.807, 2.05) is 4.90 Å². The molecule has 1 aliphatic heterocycles. The van der Waals surface area contributed by atoms with Crippen LogP contribution in [0.2, 0.25) is 0 Å². The summed E-state index contributed by atoms with van der Waals surface area (Å²) in [4.78, 5) is 15.5. The number of aliphatic imine (C=N–C) groups is 1. The molecule has 1 saturated carbocycles. The second-order valence-electron chi connectivity index (χ2n) is 8.05. The highest BCUT2D eigenvalue weighted by atomic mass is 19.3. The van der Waals surface area contributed by atoms with E-state index in [0.717, 1.165) is 31.5 Å². The minimum atomic E-state index is -2.56. The predicted octanol–water partition coefficient (Wildman–Crippen LogP) is 4.47. The van der Waals surface area contributed by atoms with E-state index < -0.39 is 19.4 Å². The van der Waals surface area contributed by atoms with E-state index in [0.29, 0.717) is 41.9 Å². The van der Waals surface area contributed by atoms with E-state index in [1.165, 1.54) is 12.1 Å². The van der Waals surface area contributed by atoms with Crippen LogP contribution in [-0.4, -0.2) is 47.8 Å². The molecular weight excluding hydrogens is 398 g/mol. The van der Waals surface area contributed by atoms with E-state index in [-0.39, 0.29) is 17.5 Å². The number of nitrogens with zero attached hydrogens (tertiary/aromatic N) is 4. The molecule has 0 spiro atoms. The Labute approximate surface area is 172 Å². The van der Waals surface area contributed by atoms with Crippen molar-refractivity contribution < 1.29 is 17.6 Å². The number of aromatic nitrogens is 2. The lowest BCUT2D eigenvalue weighted by atomic mass is 9.87. The number of hydrogen-bond acceptors (Lipinski definition) is 5. The predicted molar refractivity (Wildman–Crippen MR) is 109 cm³/mol. The molecule has 0 bridgehead atoms. The second kappa shape index (κ2) is 8.83. The Balaban J connectivity index is 1.64. The Morgan fingerprint density at radius 3 is 2.50 bits per heavy atom. The van der Waals surface area contributed by atoms with Crippen molar-refractivity contribution in [3.63, 3.8) is 0 Å². The third-order valence-electron chi connectivity index (χ3n) is 5.87. The van der Waals surface area contributed by atoms with Gasteiger partial charge in [-0.3, -0.25) is 4.99 Å². The molecule has 1 aromatic heterocycles. The standard InChI is InChI=1S/C21H25F4N5/c22-18(23)10-27-15-4-1-12(2-5-15)20-28-17-6-3-13(19(24)25)9-16(17)21(29-20)30-8-7-14(26)11-30/h3,6,9,12,14,18-19H,1-2,4-5,7-8,10-11,26H2/t12?,14-/m1/s1. The topological polar surface area (TPSA) is 67.4 Å². The number of anilines is 1. The number of rotatable bonds is 5. The minimum Gasteiger partial charge on any atom is -0.354 e. The summed E-state index contributed by atoms with van der Waals surface area (Å²) in [6, 6.07) is 4.53. The van der Waals surface area contributed by atoms with Crippen molar-refractivity contribution in [3.05, 3.63) is 29.6 Å². The second-order valence-corrected chi connectivity index (χ2v) is 8.05. The molecule has 2 aromatic rings. The maximum Gasteiger partial charge on any atom is 0.263 e. The fourth-order valence-corrected chi connectivity index (χ4v) is 4.25. The molecule has 5 nitrogen and oxygen atoms in total. The van der Waals surface area contributed by atoms with Crippen molar-refractivity contribution in [3.8, 4) is 0 Å². The molecule has 2 aliphatic rings. The molecule has 1 atom stereocenters. The molecule has 0 amide bonds. The average molecular weight is 423 g/mol. The van der Waals surface area contributed by atoms with Gasteiger partial charge in [0.25, 0.3) is 12.9 Å². The summed E-state index contributed by atoms with van der Waals surface area (Å²) in [6.07, 6.45) is -1.40. The zero-order valence-corrected chi connectivity index (χ0v) is 16.6. The van der Waals surface area contributed by atoms with Crippen LogP contribution >= 0.6 is 0 Å². The molecule has 1 aliphatic carbocycles. The van der Waals surface area contributed by atoms with Gasteiger partial charge >= 0.3 is 0 Å². The SMILES string of the molecule is N[C@@H]1CCN(c2nc(C3CCC(=NCC(F)F)CC3)nc3ccc(C(F)F)cc23)C1. The van der Waals surface area contributed by atoms with Crippen molar-refractivity contribution in [1.29, 1.82) is 0 Å². The molecular formula is C21H25F4N5. The zero-order chi connectivity index (χ0) is 21.3. The molecule has 162 valence electrons. The highest BCUT2D eigenvalue weighted by Crippen LogP contribution is 2.35. The summed E-state index contributed by atoms with van der Waals surface area (Å²) < 4.78 is 51.3. The maximum atomic E-state index is 13.3. The summed E-state index contributed by atoms with van der Waals surface area (Å²) in [6.45, 7) is 0.901. The first-order valence-corrected chi connectivity index (χ1v) is 10.3. The Morgan fingerprint density at radius 2 is 1.87 bits per heavy atom. The third kappa shape index (κ3) is 4.55. The van der Waals surface area contributed by atoms with Gasteiger partial charge in [0.1, 0.15) is 11.6 Å². The average Bonchev–Trinajstić information content (AvgIpc) is 3.17. The molecule has 9 heteroatoms. The number of alkyl halides is 4. The lowest BCUT2D eigenvalue weighted by Gasteiger charge is -2.25. The largest absolute Gasteiger partial charge is 0.354 e. The van der Waals surface area contributed by atoms with Gasteiger partial charge in [-0.1, -0.05) is 6.07 Å². The molecule has 4 rings (SSSR count). The maximum absolute atomic E-state index is 13.3. The van der Waals surface area contributed by atoms with Crippen LogP contribution in [0, 0.1) is 0 Å². The highest BCUT2D eigenvalue weighted by molar-refractivity contribution is 5.90. The fraction of sp³-hybridized carbons (Fsp3) is 0.571. The monoisotopic (exact) mass is 423 g/mol. The van der Waals surface area contributed by atoms with Gasteiger partial charge in [-0.2, -0.15) is 0 Å². The fourth-order valence-electron chi connectivity index (χ4n) is 4.25. The van der Waals surface area contributed by atoms with E-state index in [2.05, 4.69) is 9.98 Å². The zero-order valence-electron chi connectivity index (χ0n) is 16.6. The summed E-state index contributed by atoms with van der Waals surface area (Å²) in [5.41, 5.74) is 7.46. The number of fused-ring (bicyclic) bond motifs is 1. The molecule has 0 unspecified atom stereocenters. The highest BCUT2D eigenvalue weighted by Gasteiger charge is 2.27. The van der Waals surface area contributed by atoms with Crippen LogP contribution in [0.4, 0.5) is 23.4 Å². The Kier molecular flexibility index (Phi) is 6.17. The smallest absolute Gasteiger partial charge is 0.263 e. The van der Waals surface area contributed by atoms with Crippen LogP contribution in [0.5, 0.6) is 0 Å². The van der Waals surface area contributed by atoms with Crippen LogP contribution in [0.25, 0.3) is 10.9 Å². The van der Waals surface area contributed by atoms with E-state index >= 15 is 0 Å². The first-order valence-electron chi connectivity index (χ1n) is 10.3. The summed E-state index contributed by atoms with van der Waals surface area (Å²) in [7, 11) is 0.